The van der Waals surface area contributed by atoms with E-state index in [0.29, 0.717) is 22.6 Å². The Morgan fingerprint density at radius 2 is 1.94 bits per heavy atom. The SMILES string of the molecule is Cc1c(C(=O)NC2C3(C)CCC(C3)C2(C)C)c2ccc(F)c(F)c2n1CCCS(C)(=O)=O. The third kappa shape index (κ3) is 3.64. The highest BCUT2D eigenvalue weighted by Crippen LogP contribution is 2.62. The van der Waals surface area contributed by atoms with Crippen LogP contribution in [0.25, 0.3) is 10.9 Å². The van der Waals surface area contributed by atoms with Crippen molar-refractivity contribution in [2.45, 2.75) is 66.0 Å². The Hall–Kier alpha value is -1.96. The van der Waals surface area contributed by atoms with Crippen molar-refractivity contribution in [1.82, 2.24) is 9.88 Å². The van der Waals surface area contributed by atoms with Crippen LogP contribution in [0.5, 0.6) is 0 Å². The lowest BCUT2D eigenvalue weighted by molar-refractivity contribution is 0.0738. The maximum atomic E-state index is 14.8. The number of carbonyl (C=O) groups is 1. The number of hydrogen-bond donors (Lipinski definition) is 1. The highest BCUT2D eigenvalue weighted by atomic mass is 32.2. The van der Waals surface area contributed by atoms with Crippen LogP contribution in [-0.4, -0.2) is 36.9 Å². The van der Waals surface area contributed by atoms with Gasteiger partial charge in [0.1, 0.15) is 9.84 Å². The Balaban J connectivity index is 1.73. The van der Waals surface area contributed by atoms with Crippen LogP contribution >= 0.6 is 0 Å². The molecule has 0 aliphatic heterocycles. The summed E-state index contributed by atoms with van der Waals surface area (Å²) < 4.78 is 53.6. The first kappa shape index (κ1) is 23.2. The molecule has 3 atom stereocenters. The van der Waals surface area contributed by atoms with Crippen molar-refractivity contribution >= 4 is 26.6 Å². The van der Waals surface area contributed by atoms with Crippen LogP contribution in [0.2, 0.25) is 0 Å². The molecule has 1 aromatic carbocycles. The molecule has 2 fully saturated rings. The van der Waals surface area contributed by atoms with Crippen molar-refractivity contribution in [2.24, 2.45) is 16.7 Å². The number of nitrogens with zero attached hydrogens (tertiary/aromatic N) is 1. The summed E-state index contributed by atoms with van der Waals surface area (Å²) in [5.74, 6) is -1.81. The number of carbonyl (C=O) groups excluding carboxylic acids is 1. The minimum absolute atomic E-state index is 0.00502. The number of rotatable bonds is 6. The van der Waals surface area contributed by atoms with Crippen molar-refractivity contribution in [3.05, 3.63) is 35.0 Å². The molecule has 5 nitrogen and oxygen atoms in total. The molecule has 3 unspecified atom stereocenters. The lowest BCUT2D eigenvalue weighted by Crippen LogP contribution is -2.52. The quantitative estimate of drug-likeness (QED) is 0.676. The Labute approximate surface area is 188 Å². The van der Waals surface area contributed by atoms with E-state index in [9.17, 15) is 22.0 Å². The molecule has 1 N–H and O–H groups in total. The first-order valence-electron chi connectivity index (χ1n) is 11.2. The smallest absolute Gasteiger partial charge is 0.253 e. The molecule has 0 saturated heterocycles. The molecular formula is C24H32F2N2O3S. The van der Waals surface area contributed by atoms with Crippen molar-refractivity contribution in [1.29, 1.82) is 0 Å². The van der Waals surface area contributed by atoms with E-state index in [4.69, 9.17) is 0 Å². The average molecular weight is 467 g/mol. The van der Waals surface area contributed by atoms with Gasteiger partial charge in [-0.15, -0.1) is 0 Å². The fraction of sp³-hybridized carbons (Fsp3) is 0.625. The maximum Gasteiger partial charge on any atom is 0.253 e. The van der Waals surface area contributed by atoms with Gasteiger partial charge in [0.2, 0.25) is 0 Å². The van der Waals surface area contributed by atoms with E-state index in [1.807, 2.05) is 0 Å². The van der Waals surface area contributed by atoms with Gasteiger partial charge < -0.3 is 9.88 Å². The zero-order valence-corrected chi connectivity index (χ0v) is 20.2. The molecule has 176 valence electrons. The Bertz CT molecular complexity index is 1200. The monoisotopic (exact) mass is 466 g/mol. The molecule has 1 amide bonds. The number of aromatic nitrogens is 1. The van der Waals surface area contributed by atoms with Crippen molar-refractivity contribution in [3.63, 3.8) is 0 Å². The maximum absolute atomic E-state index is 14.8. The van der Waals surface area contributed by atoms with Gasteiger partial charge in [-0.3, -0.25) is 4.79 Å². The van der Waals surface area contributed by atoms with Gasteiger partial charge in [0.25, 0.3) is 5.91 Å². The van der Waals surface area contributed by atoms with E-state index in [1.54, 1.807) is 11.5 Å². The molecule has 0 spiro atoms. The summed E-state index contributed by atoms with van der Waals surface area (Å²) in [5, 5.41) is 3.61. The summed E-state index contributed by atoms with van der Waals surface area (Å²) in [7, 11) is -3.19. The zero-order valence-electron chi connectivity index (χ0n) is 19.4. The minimum atomic E-state index is -3.19. The normalized spacial score (nSPS) is 26.7. The number of halogens is 2. The summed E-state index contributed by atoms with van der Waals surface area (Å²) in [6, 6.07) is 2.48. The van der Waals surface area contributed by atoms with Gasteiger partial charge in [-0.1, -0.05) is 20.8 Å². The van der Waals surface area contributed by atoms with E-state index >= 15 is 0 Å². The van der Waals surface area contributed by atoms with Gasteiger partial charge in [-0.25, -0.2) is 17.2 Å². The van der Waals surface area contributed by atoms with E-state index in [1.165, 1.54) is 12.5 Å². The Morgan fingerprint density at radius 1 is 1.25 bits per heavy atom. The van der Waals surface area contributed by atoms with Crippen LogP contribution < -0.4 is 5.32 Å². The van der Waals surface area contributed by atoms with Gasteiger partial charge in [0.05, 0.1) is 16.8 Å². The van der Waals surface area contributed by atoms with Crippen LogP contribution in [0, 0.1) is 35.3 Å². The predicted molar refractivity (Wildman–Crippen MR) is 121 cm³/mol. The topological polar surface area (TPSA) is 68.2 Å². The van der Waals surface area contributed by atoms with Crippen LogP contribution in [0.3, 0.4) is 0 Å². The van der Waals surface area contributed by atoms with Crippen LogP contribution in [0.1, 0.15) is 62.5 Å². The fourth-order valence-corrected chi connectivity index (χ4v) is 7.07. The van der Waals surface area contributed by atoms with Crippen molar-refractivity contribution < 1.29 is 22.0 Å². The van der Waals surface area contributed by atoms with Crippen LogP contribution in [0.4, 0.5) is 8.78 Å². The number of hydrogen-bond acceptors (Lipinski definition) is 3. The summed E-state index contributed by atoms with van der Waals surface area (Å²) in [6.07, 6.45) is 4.70. The number of amides is 1. The Kier molecular flexibility index (Phi) is 5.47. The molecule has 1 aromatic heterocycles. The highest BCUT2D eigenvalue weighted by molar-refractivity contribution is 7.90. The van der Waals surface area contributed by atoms with Gasteiger partial charge >= 0.3 is 0 Å². The fourth-order valence-electron chi connectivity index (χ4n) is 6.42. The van der Waals surface area contributed by atoms with Crippen LogP contribution in [-0.2, 0) is 16.4 Å². The van der Waals surface area contributed by atoms with E-state index in [0.717, 1.165) is 25.2 Å². The minimum Gasteiger partial charge on any atom is -0.348 e. The van der Waals surface area contributed by atoms with E-state index in [-0.39, 0.29) is 47.0 Å². The number of fused-ring (bicyclic) bond motifs is 3. The number of aryl methyl sites for hydroxylation is 1. The predicted octanol–water partition coefficient (Wildman–Crippen LogP) is 4.61. The van der Waals surface area contributed by atoms with Gasteiger partial charge in [0, 0.05) is 29.9 Å². The summed E-state index contributed by atoms with van der Waals surface area (Å²) in [4.78, 5) is 13.5. The second-order valence-corrected chi connectivity index (χ2v) is 12.9. The largest absolute Gasteiger partial charge is 0.348 e. The van der Waals surface area contributed by atoms with Gasteiger partial charge in [-0.2, -0.15) is 0 Å². The second kappa shape index (κ2) is 7.54. The zero-order chi connectivity index (χ0) is 23.6. The molecule has 1 heterocycles. The molecule has 32 heavy (non-hydrogen) atoms. The van der Waals surface area contributed by atoms with Crippen molar-refractivity contribution in [2.75, 3.05) is 12.0 Å². The second-order valence-electron chi connectivity index (χ2n) is 10.7. The average Bonchev–Trinajstić information content (AvgIpc) is 3.26. The molecule has 2 bridgehead atoms. The first-order chi connectivity index (χ1) is 14.8. The summed E-state index contributed by atoms with van der Waals surface area (Å²) in [6.45, 7) is 8.51. The van der Waals surface area contributed by atoms with Crippen LogP contribution in [0.15, 0.2) is 12.1 Å². The van der Waals surface area contributed by atoms with Gasteiger partial charge in [0.15, 0.2) is 11.6 Å². The summed E-state index contributed by atoms with van der Waals surface area (Å²) >= 11 is 0. The summed E-state index contributed by atoms with van der Waals surface area (Å²) in [5.41, 5.74) is 0.853. The molecule has 4 rings (SSSR count). The molecule has 2 saturated carbocycles. The molecular weight excluding hydrogens is 434 g/mol. The molecule has 2 aromatic rings. The lowest BCUT2D eigenvalue weighted by Gasteiger charge is -2.43. The Morgan fingerprint density at radius 3 is 2.53 bits per heavy atom. The molecule has 8 heteroatoms. The number of sulfone groups is 1. The lowest BCUT2D eigenvalue weighted by atomic mass is 9.68. The molecule has 0 radical (unpaired) electrons. The molecule has 2 aliphatic rings. The number of nitrogens with one attached hydrogen (secondary N) is 1. The standard InChI is InChI=1S/C24H32F2N2O3S/c1-14-18(21(29)27-22-23(2,3)15-9-10-24(22,4)13-15)16-7-8-17(25)19(26)20(16)28(14)11-6-12-32(5,30)31/h7-8,15,22H,6,9-13H2,1-5H3,(H,27,29). The highest BCUT2D eigenvalue weighted by Gasteiger charge is 2.59. The third-order valence-corrected chi connectivity index (χ3v) is 9.07. The van der Waals surface area contributed by atoms with E-state index in [2.05, 4.69) is 26.1 Å². The molecule has 2 aliphatic carbocycles. The third-order valence-electron chi connectivity index (χ3n) is 8.04. The number of benzene rings is 1. The first-order valence-corrected chi connectivity index (χ1v) is 13.3. The van der Waals surface area contributed by atoms with Gasteiger partial charge in [-0.05, 0) is 61.5 Å². The van der Waals surface area contributed by atoms with Crippen molar-refractivity contribution in [3.8, 4) is 0 Å². The van der Waals surface area contributed by atoms with E-state index < -0.39 is 21.5 Å².